The highest BCUT2D eigenvalue weighted by Gasteiger charge is 2.24. The van der Waals surface area contributed by atoms with Crippen LogP contribution >= 0.6 is 0 Å². The van der Waals surface area contributed by atoms with E-state index in [4.69, 9.17) is 9.72 Å². The molecule has 0 aliphatic carbocycles. The normalized spacial score (nSPS) is 17.2. The SMILES string of the molecule is COc1ccc(F)c(CN2CCCC(c3cc(=O)[nH]c(-c4cccnc4)n3)C2)c1. The van der Waals surface area contributed by atoms with Gasteiger partial charge >= 0.3 is 0 Å². The number of hydrogen-bond acceptors (Lipinski definition) is 5. The monoisotopic (exact) mass is 394 g/mol. The van der Waals surface area contributed by atoms with Crippen molar-refractivity contribution in [1.82, 2.24) is 19.9 Å². The van der Waals surface area contributed by atoms with Crippen molar-refractivity contribution in [2.24, 2.45) is 0 Å². The summed E-state index contributed by atoms with van der Waals surface area (Å²) in [5.41, 5.74) is 1.98. The van der Waals surface area contributed by atoms with Crippen molar-refractivity contribution in [3.63, 3.8) is 0 Å². The van der Waals surface area contributed by atoms with Gasteiger partial charge in [-0.2, -0.15) is 0 Å². The second-order valence-electron chi connectivity index (χ2n) is 7.29. The Hall–Kier alpha value is -3.06. The molecule has 1 atom stereocenters. The number of pyridine rings is 1. The van der Waals surface area contributed by atoms with Crippen LogP contribution in [0.15, 0.2) is 53.6 Å². The molecule has 0 amide bonds. The summed E-state index contributed by atoms with van der Waals surface area (Å²) in [5, 5.41) is 0. The average Bonchev–Trinajstić information content (AvgIpc) is 2.76. The van der Waals surface area contributed by atoms with Gasteiger partial charge in [-0.1, -0.05) is 0 Å². The minimum absolute atomic E-state index is 0.121. The Morgan fingerprint density at radius 3 is 3.00 bits per heavy atom. The van der Waals surface area contributed by atoms with Crippen LogP contribution < -0.4 is 10.3 Å². The topological polar surface area (TPSA) is 71.1 Å². The number of hydrogen-bond donors (Lipinski definition) is 1. The second kappa shape index (κ2) is 8.53. The summed E-state index contributed by atoms with van der Waals surface area (Å²) in [6, 6.07) is 10.1. The van der Waals surface area contributed by atoms with Crippen molar-refractivity contribution >= 4 is 0 Å². The van der Waals surface area contributed by atoms with Crippen LogP contribution in [-0.2, 0) is 6.54 Å². The van der Waals surface area contributed by atoms with E-state index in [1.807, 2.05) is 12.1 Å². The van der Waals surface area contributed by atoms with Crippen molar-refractivity contribution in [2.75, 3.05) is 20.2 Å². The number of piperidine rings is 1. The summed E-state index contributed by atoms with van der Waals surface area (Å²) >= 11 is 0. The van der Waals surface area contributed by atoms with Gasteiger partial charge in [-0.15, -0.1) is 0 Å². The number of methoxy groups -OCH3 is 1. The molecular formula is C22H23FN4O2. The van der Waals surface area contributed by atoms with E-state index in [9.17, 15) is 9.18 Å². The molecule has 1 aliphatic rings. The molecule has 7 heteroatoms. The summed E-state index contributed by atoms with van der Waals surface area (Å²) in [6.45, 7) is 2.10. The Bertz CT molecular complexity index is 1040. The lowest BCUT2D eigenvalue weighted by atomic mass is 9.94. The van der Waals surface area contributed by atoms with E-state index < -0.39 is 0 Å². The molecule has 1 aromatic carbocycles. The van der Waals surface area contributed by atoms with Crippen LogP contribution in [0.1, 0.15) is 30.0 Å². The molecular weight excluding hydrogens is 371 g/mol. The zero-order valence-corrected chi connectivity index (χ0v) is 16.3. The maximum absolute atomic E-state index is 14.2. The van der Waals surface area contributed by atoms with E-state index in [0.717, 1.165) is 37.2 Å². The third-order valence-corrected chi connectivity index (χ3v) is 5.27. The van der Waals surface area contributed by atoms with Crippen LogP contribution in [0.3, 0.4) is 0 Å². The van der Waals surface area contributed by atoms with Crippen LogP contribution in [0.5, 0.6) is 5.75 Å². The fourth-order valence-corrected chi connectivity index (χ4v) is 3.81. The molecule has 3 aromatic rings. The number of nitrogens with zero attached hydrogens (tertiary/aromatic N) is 3. The summed E-state index contributed by atoms with van der Waals surface area (Å²) in [4.78, 5) is 26.0. The molecule has 2 aromatic heterocycles. The Balaban J connectivity index is 1.55. The lowest BCUT2D eigenvalue weighted by Crippen LogP contribution is -2.35. The first-order valence-corrected chi connectivity index (χ1v) is 9.69. The first-order valence-electron chi connectivity index (χ1n) is 9.69. The molecule has 0 radical (unpaired) electrons. The van der Waals surface area contributed by atoms with Gasteiger partial charge in [0, 0.05) is 48.6 Å². The quantitative estimate of drug-likeness (QED) is 0.719. The number of aromatic amines is 1. The Labute approximate surface area is 168 Å². The number of rotatable bonds is 5. The summed E-state index contributed by atoms with van der Waals surface area (Å²) < 4.78 is 19.4. The van der Waals surface area contributed by atoms with Gasteiger partial charge in [0.1, 0.15) is 17.4 Å². The summed E-state index contributed by atoms with van der Waals surface area (Å²) in [6.07, 6.45) is 5.27. The van der Waals surface area contributed by atoms with Crippen LogP contribution in [0.25, 0.3) is 11.4 Å². The number of halogens is 1. The molecule has 29 heavy (non-hydrogen) atoms. The molecule has 3 heterocycles. The summed E-state index contributed by atoms with van der Waals surface area (Å²) in [5.74, 6) is 1.06. The molecule has 0 saturated carbocycles. The Morgan fingerprint density at radius 1 is 1.31 bits per heavy atom. The number of ether oxygens (including phenoxy) is 1. The van der Waals surface area contributed by atoms with Crippen LogP contribution in [0.4, 0.5) is 4.39 Å². The fraction of sp³-hybridized carbons (Fsp3) is 0.318. The van der Waals surface area contributed by atoms with Crippen LogP contribution in [-0.4, -0.2) is 40.1 Å². The lowest BCUT2D eigenvalue weighted by Gasteiger charge is -2.32. The van der Waals surface area contributed by atoms with Crippen LogP contribution in [0.2, 0.25) is 0 Å². The lowest BCUT2D eigenvalue weighted by molar-refractivity contribution is 0.196. The zero-order chi connectivity index (χ0) is 20.2. The third kappa shape index (κ3) is 4.51. The van der Waals surface area contributed by atoms with Crippen LogP contribution in [0, 0.1) is 5.82 Å². The molecule has 1 fully saturated rings. The highest BCUT2D eigenvalue weighted by Crippen LogP contribution is 2.28. The predicted octanol–water partition coefficient (Wildman–Crippen LogP) is 3.36. The van der Waals surface area contributed by atoms with E-state index in [1.165, 1.54) is 6.07 Å². The number of nitrogens with one attached hydrogen (secondary N) is 1. The van der Waals surface area contributed by atoms with Crippen molar-refractivity contribution in [1.29, 1.82) is 0 Å². The van der Waals surface area contributed by atoms with E-state index in [-0.39, 0.29) is 17.3 Å². The van der Waals surface area contributed by atoms with Gasteiger partial charge in [-0.3, -0.25) is 14.7 Å². The van der Waals surface area contributed by atoms with Gasteiger partial charge in [-0.05, 0) is 49.7 Å². The molecule has 1 N–H and O–H groups in total. The Kier molecular flexibility index (Phi) is 5.67. The highest BCUT2D eigenvalue weighted by molar-refractivity contribution is 5.52. The van der Waals surface area contributed by atoms with Crippen molar-refractivity contribution in [3.8, 4) is 17.1 Å². The molecule has 1 unspecified atom stereocenters. The number of likely N-dealkylation sites (tertiary alicyclic amines) is 1. The van der Waals surface area contributed by atoms with Gasteiger partial charge in [0.25, 0.3) is 5.56 Å². The Morgan fingerprint density at radius 2 is 2.21 bits per heavy atom. The first kappa shape index (κ1) is 19.3. The van der Waals surface area contributed by atoms with E-state index in [2.05, 4.69) is 14.9 Å². The zero-order valence-electron chi connectivity index (χ0n) is 16.3. The minimum atomic E-state index is -0.235. The maximum Gasteiger partial charge on any atom is 0.251 e. The maximum atomic E-state index is 14.2. The van der Waals surface area contributed by atoms with Gasteiger partial charge in [0.05, 0.1) is 12.8 Å². The molecule has 1 saturated heterocycles. The fourth-order valence-electron chi connectivity index (χ4n) is 3.81. The van der Waals surface area contributed by atoms with E-state index in [0.29, 0.717) is 23.7 Å². The minimum Gasteiger partial charge on any atom is -0.497 e. The number of aromatic nitrogens is 3. The largest absolute Gasteiger partial charge is 0.497 e. The third-order valence-electron chi connectivity index (χ3n) is 5.27. The number of H-pyrrole nitrogens is 1. The summed E-state index contributed by atoms with van der Waals surface area (Å²) in [7, 11) is 1.58. The van der Waals surface area contributed by atoms with Crippen molar-refractivity contribution in [2.45, 2.75) is 25.3 Å². The smallest absolute Gasteiger partial charge is 0.251 e. The highest BCUT2D eigenvalue weighted by atomic mass is 19.1. The van der Waals surface area contributed by atoms with Gasteiger partial charge < -0.3 is 9.72 Å². The van der Waals surface area contributed by atoms with Gasteiger partial charge in [0.15, 0.2) is 0 Å². The van der Waals surface area contributed by atoms with Crippen molar-refractivity contribution in [3.05, 3.63) is 76.2 Å². The molecule has 0 spiro atoms. The van der Waals surface area contributed by atoms with E-state index in [1.54, 1.807) is 37.7 Å². The molecule has 6 nitrogen and oxygen atoms in total. The van der Waals surface area contributed by atoms with Gasteiger partial charge in [0.2, 0.25) is 0 Å². The standard InChI is InChI=1S/C22H23FN4O2/c1-29-18-6-7-19(23)17(10-18)14-27-9-3-5-16(13-27)20-11-21(28)26-22(25-20)15-4-2-8-24-12-15/h2,4,6-8,10-12,16H,3,5,9,13-14H2,1H3,(H,25,26,28). The molecule has 150 valence electrons. The first-order chi connectivity index (χ1) is 14.1. The van der Waals surface area contributed by atoms with Gasteiger partial charge in [-0.25, -0.2) is 9.37 Å². The molecule has 1 aliphatic heterocycles. The average molecular weight is 394 g/mol. The van der Waals surface area contributed by atoms with Crippen molar-refractivity contribution < 1.29 is 9.13 Å². The van der Waals surface area contributed by atoms with E-state index >= 15 is 0 Å². The molecule has 0 bridgehead atoms. The predicted molar refractivity (Wildman–Crippen MR) is 108 cm³/mol. The second-order valence-corrected chi connectivity index (χ2v) is 7.29. The number of benzene rings is 1. The molecule has 4 rings (SSSR count).